The van der Waals surface area contributed by atoms with Crippen LogP contribution in [0.5, 0.6) is 6.01 Å². The second-order valence-electron chi connectivity index (χ2n) is 6.18. The molecule has 0 spiro atoms. The van der Waals surface area contributed by atoms with Crippen molar-refractivity contribution in [2.45, 2.75) is 25.9 Å². The van der Waals surface area contributed by atoms with Crippen molar-refractivity contribution in [3.63, 3.8) is 0 Å². The molecule has 3 rings (SSSR count). The molecule has 1 aliphatic heterocycles. The molecule has 2 heterocycles. The second kappa shape index (κ2) is 7.92. The highest BCUT2D eigenvalue weighted by atomic mass is 32.2. The number of nitrogens with zero attached hydrogens (tertiary/aromatic N) is 3. The van der Waals surface area contributed by atoms with Crippen LogP contribution in [0, 0.1) is 12.7 Å². The third-order valence-corrected chi connectivity index (χ3v) is 5.61. The molecule has 1 saturated heterocycles. The fourth-order valence-electron chi connectivity index (χ4n) is 2.67. The predicted octanol–water partition coefficient (Wildman–Crippen LogP) is 2.77. The lowest BCUT2D eigenvalue weighted by Crippen LogP contribution is -2.43. The molecule has 8 heteroatoms. The molecule has 0 radical (unpaired) electrons. The lowest BCUT2D eigenvalue weighted by atomic mass is 10.1. The maximum atomic E-state index is 12.9. The third kappa shape index (κ3) is 4.86. The van der Waals surface area contributed by atoms with Crippen LogP contribution in [-0.4, -0.2) is 41.9 Å². The Morgan fingerprint density at radius 1 is 1.23 bits per heavy atom. The summed E-state index contributed by atoms with van der Waals surface area (Å²) in [7, 11) is -3.55. The Hall–Kier alpha value is -2.32. The van der Waals surface area contributed by atoms with Gasteiger partial charge in [0.05, 0.1) is 18.9 Å². The summed E-state index contributed by atoms with van der Waals surface area (Å²) in [4.78, 5) is 7.50. The Bertz CT molecular complexity index is 868. The Morgan fingerprint density at radius 3 is 2.62 bits per heavy atom. The van der Waals surface area contributed by atoms with E-state index in [-0.39, 0.29) is 18.7 Å². The first-order valence-electron chi connectivity index (χ1n) is 8.31. The molecule has 0 saturated carbocycles. The highest BCUT2D eigenvalue weighted by Crippen LogP contribution is 2.19. The number of halogens is 1. The van der Waals surface area contributed by atoms with Crippen LogP contribution in [0.3, 0.4) is 0 Å². The molecule has 1 unspecified atom stereocenters. The summed E-state index contributed by atoms with van der Waals surface area (Å²) in [6.45, 7) is 2.62. The molecule has 138 valence electrons. The number of rotatable bonds is 5. The summed E-state index contributed by atoms with van der Waals surface area (Å²) in [6, 6.07) is 7.65. The topological polar surface area (TPSA) is 72.4 Å². The van der Waals surface area contributed by atoms with E-state index in [1.807, 2.05) is 31.2 Å². The molecule has 0 bridgehead atoms. The smallest absolute Gasteiger partial charge is 0.316 e. The Morgan fingerprint density at radius 2 is 1.92 bits per heavy atom. The normalized spacial score (nSPS) is 18.9. The van der Waals surface area contributed by atoms with Crippen molar-refractivity contribution in [2.24, 2.45) is 0 Å². The molecule has 1 fully saturated rings. The number of piperidine rings is 1. The largest absolute Gasteiger partial charge is 0.459 e. The first kappa shape index (κ1) is 18.5. The van der Waals surface area contributed by atoms with Gasteiger partial charge in [-0.2, -0.15) is 4.31 Å². The Kier molecular flexibility index (Phi) is 5.63. The van der Waals surface area contributed by atoms with Crippen molar-refractivity contribution in [3.05, 3.63) is 59.0 Å². The molecule has 1 atom stereocenters. The van der Waals surface area contributed by atoms with Crippen LogP contribution >= 0.6 is 0 Å². The molecule has 26 heavy (non-hydrogen) atoms. The van der Waals surface area contributed by atoms with Crippen LogP contribution in [0.1, 0.15) is 24.0 Å². The van der Waals surface area contributed by atoms with E-state index in [1.165, 1.54) is 9.71 Å². The molecule has 0 N–H and O–H groups in total. The molecule has 2 aromatic rings. The van der Waals surface area contributed by atoms with Crippen LogP contribution in [0.25, 0.3) is 6.08 Å². The quantitative estimate of drug-likeness (QED) is 0.801. The van der Waals surface area contributed by atoms with E-state index in [0.717, 1.165) is 23.5 Å². The maximum absolute atomic E-state index is 12.9. The van der Waals surface area contributed by atoms with Crippen LogP contribution < -0.4 is 4.74 Å². The summed E-state index contributed by atoms with van der Waals surface area (Å²) < 4.78 is 45.0. The van der Waals surface area contributed by atoms with Crippen LogP contribution in [0.2, 0.25) is 0 Å². The highest BCUT2D eigenvalue weighted by molar-refractivity contribution is 7.92. The van der Waals surface area contributed by atoms with Gasteiger partial charge in [-0.15, -0.1) is 0 Å². The van der Waals surface area contributed by atoms with E-state index < -0.39 is 15.8 Å². The van der Waals surface area contributed by atoms with Gasteiger partial charge in [0.2, 0.25) is 10.0 Å². The molecule has 1 aromatic heterocycles. The number of aryl methyl sites for hydroxylation is 1. The molecular weight excluding hydrogens is 357 g/mol. The van der Waals surface area contributed by atoms with E-state index in [2.05, 4.69) is 9.97 Å². The summed E-state index contributed by atoms with van der Waals surface area (Å²) in [5.74, 6) is -0.550. The van der Waals surface area contributed by atoms with Crippen molar-refractivity contribution >= 4 is 16.1 Å². The van der Waals surface area contributed by atoms with Gasteiger partial charge < -0.3 is 4.74 Å². The first-order chi connectivity index (χ1) is 12.4. The zero-order valence-electron chi connectivity index (χ0n) is 14.4. The Balaban J connectivity index is 1.65. The van der Waals surface area contributed by atoms with Gasteiger partial charge in [0.25, 0.3) is 0 Å². The number of ether oxygens (including phenoxy) is 1. The molecule has 0 aliphatic carbocycles. The number of benzene rings is 1. The van der Waals surface area contributed by atoms with Gasteiger partial charge in [0.15, 0.2) is 5.82 Å². The first-order valence-corrected chi connectivity index (χ1v) is 9.82. The Labute approximate surface area is 152 Å². The minimum absolute atomic E-state index is 0.0471. The minimum Gasteiger partial charge on any atom is -0.459 e. The van der Waals surface area contributed by atoms with Crippen molar-refractivity contribution < 1.29 is 17.5 Å². The van der Waals surface area contributed by atoms with E-state index in [9.17, 15) is 12.8 Å². The number of hydrogen-bond acceptors (Lipinski definition) is 5. The van der Waals surface area contributed by atoms with Crippen molar-refractivity contribution in [2.75, 3.05) is 13.1 Å². The lowest BCUT2D eigenvalue weighted by Gasteiger charge is -2.30. The SMILES string of the molecule is Cc1ccc(/C=C/S(=O)(=O)N2CCCC(Oc3ncc(F)cn3)C2)cc1. The van der Waals surface area contributed by atoms with Gasteiger partial charge in [-0.05, 0) is 31.4 Å². The lowest BCUT2D eigenvalue weighted by molar-refractivity contribution is 0.119. The zero-order valence-corrected chi connectivity index (χ0v) is 15.2. The van der Waals surface area contributed by atoms with Gasteiger partial charge in [-0.3, -0.25) is 0 Å². The molecule has 0 amide bonds. The molecule has 1 aromatic carbocycles. The van der Waals surface area contributed by atoms with Gasteiger partial charge in [-0.25, -0.2) is 22.8 Å². The molecule has 1 aliphatic rings. The summed E-state index contributed by atoms with van der Waals surface area (Å²) in [6.07, 6.45) is 4.62. The summed E-state index contributed by atoms with van der Waals surface area (Å²) >= 11 is 0. The molecular formula is C18H20FN3O3S. The fraction of sp³-hybridized carbons (Fsp3) is 0.333. The van der Waals surface area contributed by atoms with Gasteiger partial charge in [0.1, 0.15) is 6.10 Å². The van der Waals surface area contributed by atoms with Crippen LogP contribution in [-0.2, 0) is 10.0 Å². The average molecular weight is 377 g/mol. The van der Waals surface area contributed by atoms with E-state index in [4.69, 9.17) is 4.74 Å². The minimum atomic E-state index is -3.55. The van der Waals surface area contributed by atoms with Crippen molar-refractivity contribution in [1.82, 2.24) is 14.3 Å². The van der Waals surface area contributed by atoms with Gasteiger partial charge in [0, 0.05) is 12.0 Å². The standard InChI is InChI=1S/C18H20FN3O3S/c1-14-4-6-15(7-5-14)8-10-26(23,24)22-9-2-3-17(13-22)25-18-20-11-16(19)12-21-18/h4-8,10-12,17H,2-3,9,13H2,1H3/b10-8+. The number of aromatic nitrogens is 2. The van der Waals surface area contributed by atoms with E-state index in [1.54, 1.807) is 6.08 Å². The summed E-state index contributed by atoms with van der Waals surface area (Å²) in [5.41, 5.74) is 1.94. The highest BCUT2D eigenvalue weighted by Gasteiger charge is 2.28. The third-order valence-electron chi connectivity index (χ3n) is 4.08. The summed E-state index contributed by atoms with van der Waals surface area (Å²) in [5, 5.41) is 1.22. The van der Waals surface area contributed by atoms with E-state index >= 15 is 0 Å². The van der Waals surface area contributed by atoms with Crippen LogP contribution in [0.15, 0.2) is 42.1 Å². The van der Waals surface area contributed by atoms with Crippen molar-refractivity contribution in [1.29, 1.82) is 0 Å². The van der Waals surface area contributed by atoms with Crippen LogP contribution in [0.4, 0.5) is 4.39 Å². The van der Waals surface area contributed by atoms with Gasteiger partial charge in [-0.1, -0.05) is 29.8 Å². The average Bonchev–Trinajstić information content (AvgIpc) is 2.63. The predicted molar refractivity (Wildman–Crippen MR) is 96.3 cm³/mol. The zero-order chi connectivity index (χ0) is 18.6. The number of sulfonamides is 1. The monoisotopic (exact) mass is 377 g/mol. The van der Waals surface area contributed by atoms with Crippen molar-refractivity contribution in [3.8, 4) is 6.01 Å². The van der Waals surface area contributed by atoms with Gasteiger partial charge >= 0.3 is 6.01 Å². The fourth-order valence-corrected chi connectivity index (χ4v) is 3.93. The number of hydrogen-bond donors (Lipinski definition) is 0. The molecule has 6 nitrogen and oxygen atoms in total. The maximum Gasteiger partial charge on any atom is 0.316 e. The van der Waals surface area contributed by atoms with E-state index in [0.29, 0.717) is 19.4 Å². The second-order valence-corrected chi connectivity index (χ2v) is 8.00.